The van der Waals surface area contributed by atoms with Crippen LogP contribution in [0.4, 0.5) is 4.39 Å². The van der Waals surface area contributed by atoms with E-state index in [1.54, 1.807) is 6.07 Å². The lowest BCUT2D eigenvalue weighted by atomic mass is 10.0. The van der Waals surface area contributed by atoms with Gasteiger partial charge in [0.25, 0.3) is 0 Å². The van der Waals surface area contributed by atoms with Gasteiger partial charge in [0.15, 0.2) is 0 Å². The van der Waals surface area contributed by atoms with E-state index in [1.807, 2.05) is 0 Å². The fraction of sp³-hybridized carbons (Fsp3) is 0.200. The van der Waals surface area contributed by atoms with Gasteiger partial charge >= 0.3 is 0 Å². The Morgan fingerprint density at radius 1 is 1.11 bits per heavy atom. The Balaban J connectivity index is 2.31. The SMILES string of the molecule is CCc1ccc(C(Br)c2ccc(F)cc2Br)cc1. The van der Waals surface area contributed by atoms with Crippen molar-refractivity contribution in [2.45, 2.75) is 18.2 Å². The summed E-state index contributed by atoms with van der Waals surface area (Å²) in [5.41, 5.74) is 3.51. The molecule has 0 aliphatic heterocycles. The van der Waals surface area contributed by atoms with Gasteiger partial charge in [-0.3, -0.25) is 0 Å². The number of hydrogen-bond donors (Lipinski definition) is 0. The molecule has 2 aromatic carbocycles. The number of rotatable bonds is 3. The standard InChI is InChI=1S/C15H13Br2F/c1-2-10-3-5-11(6-4-10)15(17)13-8-7-12(18)9-14(13)16/h3-9,15H,2H2,1H3. The van der Waals surface area contributed by atoms with Gasteiger partial charge in [-0.05, 0) is 35.2 Å². The summed E-state index contributed by atoms with van der Waals surface area (Å²) >= 11 is 7.07. The van der Waals surface area contributed by atoms with E-state index in [9.17, 15) is 4.39 Å². The first-order valence-electron chi connectivity index (χ1n) is 5.79. The van der Waals surface area contributed by atoms with Crippen molar-refractivity contribution in [3.05, 3.63) is 69.4 Å². The quantitative estimate of drug-likeness (QED) is 0.613. The normalized spacial score (nSPS) is 12.4. The second-order valence-corrected chi connectivity index (χ2v) is 5.89. The Bertz CT molecular complexity index is 535. The molecule has 0 heterocycles. The zero-order valence-electron chi connectivity index (χ0n) is 9.96. The molecule has 0 saturated heterocycles. The summed E-state index contributed by atoms with van der Waals surface area (Å²) in [5.74, 6) is -0.230. The smallest absolute Gasteiger partial charge is 0.124 e. The summed E-state index contributed by atoms with van der Waals surface area (Å²) in [7, 11) is 0. The molecule has 0 radical (unpaired) electrons. The Morgan fingerprint density at radius 2 is 1.78 bits per heavy atom. The molecule has 2 rings (SSSR count). The first-order chi connectivity index (χ1) is 8.61. The molecule has 0 bridgehead atoms. The van der Waals surface area contributed by atoms with E-state index in [0.29, 0.717) is 0 Å². The number of aryl methyl sites for hydroxylation is 1. The summed E-state index contributed by atoms with van der Waals surface area (Å²) in [6.07, 6.45) is 1.04. The minimum absolute atomic E-state index is 0.0679. The average molecular weight is 372 g/mol. The molecule has 0 amide bonds. The van der Waals surface area contributed by atoms with Crippen LogP contribution in [-0.2, 0) is 6.42 Å². The van der Waals surface area contributed by atoms with Crippen molar-refractivity contribution < 1.29 is 4.39 Å². The zero-order valence-corrected chi connectivity index (χ0v) is 13.1. The van der Waals surface area contributed by atoms with E-state index in [0.717, 1.165) is 16.5 Å². The second-order valence-electron chi connectivity index (χ2n) is 4.12. The lowest BCUT2D eigenvalue weighted by molar-refractivity contribution is 0.626. The van der Waals surface area contributed by atoms with Gasteiger partial charge in [-0.1, -0.05) is 69.1 Å². The number of benzene rings is 2. The number of halogens is 3. The van der Waals surface area contributed by atoms with Gasteiger partial charge in [0.2, 0.25) is 0 Å². The first-order valence-corrected chi connectivity index (χ1v) is 7.50. The predicted octanol–water partition coefficient (Wildman–Crippen LogP) is 5.63. The molecule has 0 aliphatic carbocycles. The van der Waals surface area contributed by atoms with E-state index in [4.69, 9.17) is 0 Å². The van der Waals surface area contributed by atoms with Crippen molar-refractivity contribution in [1.82, 2.24) is 0 Å². The van der Waals surface area contributed by atoms with Crippen LogP contribution < -0.4 is 0 Å². The molecular formula is C15H13Br2F. The van der Waals surface area contributed by atoms with Crippen LogP contribution in [0.3, 0.4) is 0 Å². The van der Waals surface area contributed by atoms with Gasteiger partial charge in [-0.15, -0.1) is 0 Å². The van der Waals surface area contributed by atoms with Crippen molar-refractivity contribution in [2.75, 3.05) is 0 Å². The first kappa shape index (κ1) is 13.8. The maximum atomic E-state index is 13.1. The topological polar surface area (TPSA) is 0 Å². The molecule has 0 aromatic heterocycles. The molecular weight excluding hydrogens is 359 g/mol. The highest BCUT2D eigenvalue weighted by Crippen LogP contribution is 2.35. The van der Waals surface area contributed by atoms with Gasteiger partial charge in [0, 0.05) is 4.47 Å². The molecule has 0 nitrogen and oxygen atoms in total. The predicted molar refractivity (Wildman–Crippen MR) is 80.7 cm³/mol. The molecule has 1 atom stereocenters. The highest BCUT2D eigenvalue weighted by Gasteiger charge is 2.13. The fourth-order valence-corrected chi connectivity index (χ4v) is 3.40. The molecule has 0 aliphatic rings. The van der Waals surface area contributed by atoms with Crippen molar-refractivity contribution in [2.24, 2.45) is 0 Å². The monoisotopic (exact) mass is 370 g/mol. The van der Waals surface area contributed by atoms with Crippen molar-refractivity contribution in [1.29, 1.82) is 0 Å². The van der Waals surface area contributed by atoms with E-state index >= 15 is 0 Å². The van der Waals surface area contributed by atoms with Gasteiger partial charge < -0.3 is 0 Å². The minimum Gasteiger partial charge on any atom is -0.207 e. The molecule has 18 heavy (non-hydrogen) atoms. The molecule has 2 aromatic rings. The van der Waals surface area contributed by atoms with Gasteiger partial charge in [-0.25, -0.2) is 4.39 Å². The lowest BCUT2D eigenvalue weighted by Crippen LogP contribution is -1.95. The summed E-state index contributed by atoms with van der Waals surface area (Å²) < 4.78 is 13.8. The zero-order chi connectivity index (χ0) is 13.1. The third-order valence-corrected chi connectivity index (χ3v) is 4.62. The van der Waals surface area contributed by atoms with E-state index in [-0.39, 0.29) is 10.6 Å². The van der Waals surface area contributed by atoms with Crippen LogP contribution in [-0.4, -0.2) is 0 Å². The Hall–Kier alpha value is -0.670. The van der Waals surface area contributed by atoms with Crippen LogP contribution in [0.15, 0.2) is 46.9 Å². The molecule has 94 valence electrons. The third-order valence-electron chi connectivity index (χ3n) is 2.92. The van der Waals surface area contributed by atoms with Crippen LogP contribution in [0.25, 0.3) is 0 Å². The number of alkyl halides is 1. The Kier molecular flexibility index (Phi) is 4.57. The highest BCUT2D eigenvalue weighted by atomic mass is 79.9. The molecule has 0 saturated carbocycles. The van der Waals surface area contributed by atoms with E-state index < -0.39 is 0 Å². The van der Waals surface area contributed by atoms with E-state index in [2.05, 4.69) is 63.0 Å². The molecule has 0 N–H and O–H groups in total. The average Bonchev–Trinajstić information content (AvgIpc) is 2.38. The summed E-state index contributed by atoms with van der Waals surface area (Å²) in [5, 5.41) is 0. The Labute approximate surface area is 123 Å². The minimum atomic E-state index is -0.230. The number of hydrogen-bond acceptors (Lipinski definition) is 0. The van der Waals surface area contributed by atoms with Crippen LogP contribution in [0.1, 0.15) is 28.4 Å². The molecule has 1 unspecified atom stereocenters. The molecule has 0 fully saturated rings. The third kappa shape index (κ3) is 3.01. The molecule has 0 spiro atoms. The van der Waals surface area contributed by atoms with Gasteiger partial charge in [-0.2, -0.15) is 0 Å². The van der Waals surface area contributed by atoms with Crippen molar-refractivity contribution in [3.8, 4) is 0 Å². The van der Waals surface area contributed by atoms with Gasteiger partial charge in [0.1, 0.15) is 5.82 Å². The van der Waals surface area contributed by atoms with Gasteiger partial charge in [0.05, 0.1) is 4.83 Å². The lowest BCUT2D eigenvalue weighted by Gasteiger charge is -2.13. The maximum Gasteiger partial charge on any atom is 0.124 e. The van der Waals surface area contributed by atoms with Crippen LogP contribution in [0.5, 0.6) is 0 Å². The fourth-order valence-electron chi connectivity index (χ4n) is 1.81. The van der Waals surface area contributed by atoms with Crippen molar-refractivity contribution in [3.63, 3.8) is 0 Å². The maximum absolute atomic E-state index is 13.1. The highest BCUT2D eigenvalue weighted by molar-refractivity contribution is 9.11. The Morgan fingerprint density at radius 3 is 2.33 bits per heavy atom. The summed E-state index contributed by atoms with van der Waals surface area (Å²) in [4.78, 5) is 0.0679. The molecule has 3 heteroatoms. The second kappa shape index (κ2) is 5.98. The van der Waals surface area contributed by atoms with Crippen LogP contribution in [0.2, 0.25) is 0 Å². The van der Waals surface area contributed by atoms with Crippen LogP contribution in [0, 0.1) is 5.82 Å². The van der Waals surface area contributed by atoms with Crippen molar-refractivity contribution >= 4 is 31.9 Å². The summed E-state index contributed by atoms with van der Waals surface area (Å²) in [6, 6.07) is 13.2. The van der Waals surface area contributed by atoms with E-state index in [1.165, 1.54) is 23.3 Å². The summed E-state index contributed by atoms with van der Waals surface area (Å²) in [6.45, 7) is 2.14. The van der Waals surface area contributed by atoms with Crippen LogP contribution >= 0.6 is 31.9 Å². The largest absolute Gasteiger partial charge is 0.207 e.